The SMILES string of the molecule is NC(N)=Nc1ccc(C(=O)NCc2ccc(O)cc2)cc1. The number of carbonyl (C=O) groups excluding carboxylic acids is 1. The van der Waals surface area contributed by atoms with E-state index < -0.39 is 0 Å². The average molecular weight is 284 g/mol. The summed E-state index contributed by atoms with van der Waals surface area (Å²) in [7, 11) is 0. The van der Waals surface area contributed by atoms with Crippen molar-refractivity contribution >= 4 is 17.6 Å². The van der Waals surface area contributed by atoms with Crippen LogP contribution in [0.15, 0.2) is 53.5 Å². The van der Waals surface area contributed by atoms with Crippen molar-refractivity contribution in [3.05, 3.63) is 59.7 Å². The molecule has 2 rings (SSSR count). The number of hydrogen-bond acceptors (Lipinski definition) is 3. The molecule has 21 heavy (non-hydrogen) atoms. The molecule has 0 saturated heterocycles. The Morgan fingerprint density at radius 3 is 2.24 bits per heavy atom. The van der Waals surface area contributed by atoms with Gasteiger partial charge in [0.25, 0.3) is 5.91 Å². The van der Waals surface area contributed by atoms with Crippen molar-refractivity contribution in [1.82, 2.24) is 5.32 Å². The fourth-order valence-corrected chi connectivity index (χ4v) is 1.73. The Labute approximate surface area is 122 Å². The predicted molar refractivity (Wildman–Crippen MR) is 81.2 cm³/mol. The Balaban J connectivity index is 1.97. The van der Waals surface area contributed by atoms with Crippen molar-refractivity contribution in [2.75, 3.05) is 0 Å². The van der Waals surface area contributed by atoms with Crippen LogP contribution < -0.4 is 16.8 Å². The van der Waals surface area contributed by atoms with Crippen LogP contribution in [0.25, 0.3) is 0 Å². The van der Waals surface area contributed by atoms with Crippen LogP contribution in [0.4, 0.5) is 5.69 Å². The monoisotopic (exact) mass is 284 g/mol. The number of guanidine groups is 1. The molecule has 2 aromatic rings. The molecule has 108 valence electrons. The summed E-state index contributed by atoms with van der Waals surface area (Å²) in [6.07, 6.45) is 0. The van der Waals surface area contributed by atoms with Crippen molar-refractivity contribution < 1.29 is 9.90 Å². The van der Waals surface area contributed by atoms with Crippen LogP contribution in [0.1, 0.15) is 15.9 Å². The molecule has 6 N–H and O–H groups in total. The first-order chi connectivity index (χ1) is 10.0. The first kappa shape index (κ1) is 14.4. The van der Waals surface area contributed by atoms with E-state index in [4.69, 9.17) is 11.5 Å². The molecule has 0 fully saturated rings. The van der Waals surface area contributed by atoms with Crippen molar-refractivity contribution in [2.24, 2.45) is 16.5 Å². The lowest BCUT2D eigenvalue weighted by atomic mass is 10.1. The second-order valence-electron chi connectivity index (χ2n) is 4.43. The largest absolute Gasteiger partial charge is 0.508 e. The van der Waals surface area contributed by atoms with Crippen molar-refractivity contribution in [3.8, 4) is 5.75 Å². The van der Waals surface area contributed by atoms with Crippen molar-refractivity contribution in [2.45, 2.75) is 6.54 Å². The molecule has 0 unspecified atom stereocenters. The lowest BCUT2D eigenvalue weighted by Crippen LogP contribution is -2.23. The normalized spacial score (nSPS) is 9.90. The number of phenols is 1. The van der Waals surface area contributed by atoms with E-state index in [0.717, 1.165) is 5.56 Å². The molecule has 0 saturated carbocycles. The molecule has 0 radical (unpaired) electrons. The number of hydrogen-bond donors (Lipinski definition) is 4. The molecule has 2 aromatic carbocycles. The van der Waals surface area contributed by atoms with E-state index in [1.165, 1.54) is 0 Å². The van der Waals surface area contributed by atoms with E-state index in [0.29, 0.717) is 17.8 Å². The van der Waals surface area contributed by atoms with Gasteiger partial charge in [-0.3, -0.25) is 4.79 Å². The Morgan fingerprint density at radius 1 is 1.05 bits per heavy atom. The fraction of sp³-hybridized carbons (Fsp3) is 0.0667. The average Bonchev–Trinajstić information content (AvgIpc) is 2.46. The summed E-state index contributed by atoms with van der Waals surface area (Å²) in [4.78, 5) is 15.9. The molecule has 6 heteroatoms. The molecule has 0 spiro atoms. The number of nitrogens with zero attached hydrogens (tertiary/aromatic N) is 1. The number of rotatable bonds is 4. The van der Waals surface area contributed by atoms with Crippen LogP contribution in [0.5, 0.6) is 5.75 Å². The number of aliphatic imine (C=N–C) groups is 1. The van der Waals surface area contributed by atoms with E-state index >= 15 is 0 Å². The topological polar surface area (TPSA) is 114 Å². The second-order valence-corrected chi connectivity index (χ2v) is 4.43. The lowest BCUT2D eigenvalue weighted by Gasteiger charge is -2.06. The van der Waals surface area contributed by atoms with E-state index in [2.05, 4.69) is 10.3 Å². The summed E-state index contributed by atoms with van der Waals surface area (Å²) in [5, 5.41) is 12.0. The van der Waals surface area contributed by atoms with Crippen LogP contribution in [-0.2, 0) is 6.54 Å². The van der Waals surface area contributed by atoms with Crippen LogP contribution >= 0.6 is 0 Å². The maximum Gasteiger partial charge on any atom is 0.251 e. The molecule has 0 aliphatic carbocycles. The van der Waals surface area contributed by atoms with Crippen LogP contribution in [0, 0.1) is 0 Å². The zero-order valence-electron chi connectivity index (χ0n) is 11.3. The molecule has 1 amide bonds. The standard InChI is InChI=1S/C15H16N4O2/c16-15(17)19-12-5-3-11(4-6-12)14(21)18-9-10-1-7-13(20)8-2-10/h1-8,20H,9H2,(H,18,21)(H4,16,17,19). The van der Waals surface area contributed by atoms with E-state index in [-0.39, 0.29) is 17.6 Å². The number of benzene rings is 2. The third-order valence-corrected chi connectivity index (χ3v) is 2.78. The quantitative estimate of drug-likeness (QED) is 0.499. The Kier molecular flexibility index (Phi) is 4.40. The van der Waals surface area contributed by atoms with Gasteiger partial charge < -0.3 is 21.9 Å². The summed E-state index contributed by atoms with van der Waals surface area (Å²) >= 11 is 0. The summed E-state index contributed by atoms with van der Waals surface area (Å²) in [5.41, 5.74) is 12.6. The molecule has 6 nitrogen and oxygen atoms in total. The zero-order valence-corrected chi connectivity index (χ0v) is 11.3. The van der Waals surface area contributed by atoms with Gasteiger partial charge in [0.2, 0.25) is 0 Å². The van der Waals surface area contributed by atoms with E-state index in [9.17, 15) is 9.90 Å². The number of amides is 1. The molecule has 0 bridgehead atoms. The maximum atomic E-state index is 12.0. The number of nitrogens with two attached hydrogens (primary N) is 2. The number of carbonyl (C=O) groups is 1. The third-order valence-electron chi connectivity index (χ3n) is 2.78. The Morgan fingerprint density at radius 2 is 1.67 bits per heavy atom. The molecule has 0 aliphatic rings. The summed E-state index contributed by atoms with van der Waals surface area (Å²) in [6, 6.07) is 13.3. The molecule has 0 aliphatic heterocycles. The van der Waals surface area contributed by atoms with Gasteiger partial charge in [0.15, 0.2) is 5.96 Å². The van der Waals surface area contributed by atoms with Gasteiger partial charge in [-0.1, -0.05) is 12.1 Å². The summed E-state index contributed by atoms with van der Waals surface area (Å²) < 4.78 is 0. The highest BCUT2D eigenvalue weighted by atomic mass is 16.3. The van der Waals surface area contributed by atoms with Crippen LogP contribution in [0.3, 0.4) is 0 Å². The second kappa shape index (κ2) is 6.42. The summed E-state index contributed by atoms with van der Waals surface area (Å²) in [5.74, 6) is -0.0285. The van der Waals surface area contributed by atoms with E-state index in [1.807, 2.05) is 0 Å². The fourth-order valence-electron chi connectivity index (χ4n) is 1.73. The molecular formula is C15H16N4O2. The highest BCUT2D eigenvalue weighted by Crippen LogP contribution is 2.13. The lowest BCUT2D eigenvalue weighted by molar-refractivity contribution is 0.0951. The van der Waals surface area contributed by atoms with Crippen molar-refractivity contribution in [1.29, 1.82) is 0 Å². The summed E-state index contributed by atoms with van der Waals surface area (Å²) in [6.45, 7) is 0.384. The Bertz CT molecular complexity index is 644. The minimum Gasteiger partial charge on any atom is -0.508 e. The number of phenolic OH excluding ortho intramolecular Hbond substituents is 1. The van der Waals surface area contributed by atoms with Gasteiger partial charge in [-0.2, -0.15) is 0 Å². The van der Waals surface area contributed by atoms with Gasteiger partial charge in [0.1, 0.15) is 5.75 Å². The number of aromatic hydroxyl groups is 1. The van der Waals surface area contributed by atoms with Crippen molar-refractivity contribution in [3.63, 3.8) is 0 Å². The zero-order chi connectivity index (χ0) is 15.2. The maximum absolute atomic E-state index is 12.0. The van der Waals surface area contributed by atoms with Gasteiger partial charge in [0, 0.05) is 12.1 Å². The first-order valence-electron chi connectivity index (χ1n) is 6.30. The van der Waals surface area contributed by atoms with Gasteiger partial charge >= 0.3 is 0 Å². The van der Waals surface area contributed by atoms with Gasteiger partial charge in [-0.25, -0.2) is 4.99 Å². The van der Waals surface area contributed by atoms with Gasteiger partial charge in [-0.15, -0.1) is 0 Å². The molecule has 0 atom stereocenters. The van der Waals surface area contributed by atoms with Crippen LogP contribution in [-0.4, -0.2) is 17.0 Å². The smallest absolute Gasteiger partial charge is 0.251 e. The number of nitrogens with one attached hydrogen (secondary N) is 1. The van der Waals surface area contributed by atoms with E-state index in [1.54, 1.807) is 48.5 Å². The Hall–Kier alpha value is -3.02. The highest BCUT2D eigenvalue weighted by molar-refractivity contribution is 5.94. The van der Waals surface area contributed by atoms with Crippen LogP contribution in [0.2, 0.25) is 0 Å². The van der Waals surface area contributed by atoms with Gasteiger partial charge in [0.05, 0.1) is 5.69 Å². The molecule has 0 heterocycles. The first-order valence-corrected chi connectivity index (χ1v) is 6.30. The minimum atomic E-state index is -0.195. The predicted octanol–water partition coefficient (Wildman–Crippen LogP) is 1.23. The highest BCUT2D eigenvalue weighted by Gasteiger charge is 2.05. The molecular weight excluding hydrogens is 268 g/mol. The minimum absolute atomic E-state index is 0.0282. The van der Waals surface area contributed by atoms with Gasteiger partial charge in [-0.05, 0) is 42.0 Å². The third kappa shape index (κ3) is 4.24. The molecule has 0 aromatic heterocycles.